The van der Waals surface area contributed by atoms with Crippen molar-refractivity contribution in [3.05, 3.63) is 75.7 Å². The Balaban J connectivity index is 1.32. The molecule has 2 aromatic carbocycles. The van der Waals surface area contributed by atoms with Gasteiger partial charge in [0.2, 0.25) is 5.91 Å². The normalized spacial score (nSPS) is 15.1. The van der Waals surface area contributed by atoms with Crippen molar-refractivity contribution in [1.82, 2.24) is 9.88 Å². The number of carbonyl (C=O) groups is 3. The van der Waals surface area contributed by atoms with Crippen molar-refractivity contribution >= 4 is 40.6 Å². The lowest BCUT2D eigenvalue weighted by atomic mass is 10.1. The number of urea groups is 1. The second-order valence-electron chi connectivity index (χ2n) is 8.57. The molecule has 3 aromatic rings. The Hall–Kier alpha value is -3.72. The average molecular weight is 493 g/mol. The zero-order valence-corrected chi connectivity index (χ0v) is 20.3. The highest BCUT2D eigenvalue weighted by Crippen LogP contribution is 2.35. The maximum absolute atomic E-state index is 13.1. The van der Waals surface area contributed by atoms with Crippen molar-refractivity contribution in [3.8, 4) is 0 Å². The van der Waals surface area contributed by atoms with E-state index in [-0.39, 0.29) is 30.8 Å². The number of carboxylic acids is 1. The van der Waals surface area contributed by atoms with Crippen LogP contribution in [0.5, 0.6) is 0 Å². The highest BCUT2D eigenvalue weighted by molar-refractivity contribution is 7.11. The molecule has 1 atom stereocenters. The summed E-state index contributed by atoms with van der Waals surface area (Å²) in [6.45, 7) is 2.62. The van der Waals surface area contributed by atoms with Crippen LogP contribution in [0.3, 0.4) is 0 Å². The van der Waals surface area contributed by atoms with Gasteiger partial charge in [-0.15, -0.1) is 11.3 Å². The number of para-hydroxylation sites is 1. The van der Waals surface area contributed by atoms with Crippen molar-refractivity contribution in [2.24, 2.45) is 0 Å². The maximum atomic E-state index is 13.1. The quantitative estimate of drug-likeness (QED) is 0.409. The first-order valence-corrected chi connectivity index (χ1v) is 12.4. The van der Waals surface area contributed by atoms with E-state index >= 15 is 0 Å². The maximum Gasteiger partial charge on any atom is 0.323 e. The molecule has 1 aromatic heterocycles. The number of nitrogens with zero attached hydrogens (tertiary/aromatic N) is 2. The number of nitrogens with one attached hydrogen (secondary N) is 2. The van der Waals surface area contributed by atoms with Crippen molar-refractivity contribution in [2.75, 3.05) is 17.2 Å². The van der Waals surface area contributed by atoms with Gasteiger partial charge in [0.1, 0.15) is 5.01 Å². The summed E-state index contributed by atoms with van der Waals surface area (Å²) < 4.78 is 0. The van der Waals surface area contributed by atoms with E-state index in [9.17, 15) is 14.4 Å². The van der Waals surface area contributed by atoms with Crippen molar-refractivity contribution in [3.63, 3.8) is 0 Å². The van der Waals surface area contributed by atoms with E-state index < -0.39 is 5.97 Å². The Kier molecular flexibility index (Phi) is 7.77. The van der Waals surface area contributed by atoms with E-state index in [0.717, 1.165) is 39.5 Å². The summed E-state index contributed by atoms with van der Waals surface area (Å²) in [4.78, 5) is 43.5. The number of aromatic nitrogens is 1. The second kappa shape index (κ2) is 11.1. The highest BCUT2D eigenvalue weighted by atomic mass is 32.1. The van der Waals surface area contributed by atoms with E-state index in [1.807, 2.05) is 48.2 Å². The second-order valence-corrected chi connectivity index (χ2v) is 9.72. The highest BCUT2D eigenvalue weighted by Gasteiger charge is 2.31. The van der Waals surface area contributed by atoms with Gasteiger partial charge < -0.3 is 20.6 Å². The number of aryl methyl sites for hydroxylation is 2. The lowest BCUT2D eigenvalue weighted by Crippen LogP contribution is -2.31. The van der Waals surface area contributed by atoms with Crippen molar-refractivity contribution < 1.29 is 19.5 Å². The number of hydrogen-bond donors (Lipinski definition) is 3. The van der Waals surface area contributed by atoms with Gasteiger partial charge in [-0.25, -0.2) is 9.78 Å². The zero-order chi connectivity index (χ0) is 24.8. The summed E-state index contributed by atoms with van der Waals surface area (Å²) in [5.74, 6) is -0.793. The monoisotopic (exact) mass is 492 g/mol. The molecule has 4 rings (SSSR count). The molecule has 2 heterocycles. The van der Waals surface area contributed by atoms with E-state index in [2.05, 4.69) is 15.6 Å². The van der Waals surface area contributed by atoms with Gasteiger partial charge in [-0.05, 0) is 55.5 Å². The average Bonchev–Trinajstić information content (AvgIpc) is 3.50. The fraction of sp³-hybridized carbons (Fsp3) is 0.308. The molecule has 0 saturated carbocycles. The zero-order valence-electron chi connectivity index (χ0n) is 19.5. The number of aliphatic carboxylic acids is 1. The Labute approximate surface area is 208 Å². The van der Waals surface area contributed by atoms with E-state index in [4.69, 9.17) is 5.11 Å². The Morgan fingerprint density at radius 3 is 2.63 bits per heavy atom. The van der Waals surface area contributed by atoms with Gasteiger partial charge in [-0.2, -0.15) is 0 Å². The lowest BCUT2D eigenvalue weighted by molar-refractivity contribution is -0.137. The number of benzene rings is 2. The molecule has 9 heteroatoms. The summed E-state index contributed by atoms with van der Waals surface area (Å²) in [6.07, 6.45) is 4.30. The third-order valence-corrected chi connectivity index (χ3v) is 7.13. The first kappa shape index (κ1) is 24.4. The molecule has 182 valence electrons. The van der Waals surface area contributed by atoms with Crippen LogP contribution in [0, 0.1) is 6.92 Å². The molecule has 3 amide bonds. The van der Waals surface area contributed by atoms with Gasteiger partial charge >= 0.3 is 12.0 Å². The fourth-order valence-corrected chi connectivity index (χ4v) is 5.19. The third kappa shape index (κ3) is 6.45. The summed E-state index contributed by atoms with van der Waals surface area (Å²) in [5, 5.41) is 15.4. The number of rotatable bonds is 8. The number of carbonyl (C=O) groups excluding carboxylic acids is 2. The van der Waals surface area contributed by atoms with Crippen LogP contribution in [0.2, 0.25) is 0 Å². The Bertz CT molecular complexity index is 1210. The number of anilines is 2. The van der Waals surface area contributed by atoms with Crippen LogP contribution in [-0.4, -0.2) is 39.4 Å². The molecule has 0 bridgehead atoms. The van der Waals surface area contributed by atoms with Crippen molar-refractivity contribution in [2.45, 2.75) is 45.1 Å². The number of carboxylic acid groups (broad SMARTS) is 1. The summed E-state index contributed by atoms with van der Waals surface area (Å²) >= 11 is 1.49. The van der Waals surface area contributed by atoms with Crippen LogP contribution in [0.15, 0.2) is 54.7 Å². The molecule has 35 heavy (non-hydrogen) atoms. The minimum absolute atomic E-state index is 0.0350. The molecule has 0 aliphatic carbocycles. The van der Waals surface area contributed by atoms with Gasteiger partial charge in [0.15, 0.2) is 0 Å². The topological polar surface area (TPSA) is 112 Å². The smallest absolute Gasteiger partial charge is 0.323 e. The Morgan fingerprint density at radius 1 is 1.11 bits per heavy atom. The molecule has 0 spiro atoms. The van der Waals surface area contributed by atoms with Crippen LogP contribution in [-0.2, 0) is 22.4 Å². The number of amides is 3. The molecule has 1 fully saturated rings. The number of hydrogen-bond acceptors (Lipinski definition) is 5. The molecule has 3 N–H and O–H groups in total. The standard InChI is InChI=1S/C26H28N4O4S/c1-17-5-2-3-6-21(17)29-26(34)28-19-10-8-18(9-11-19)15-23(31)30-14-4-7-22(30)25-27-16-20(35-25)12-13-24(32)33/h2-3,5-6,8-11,16,22H,4,7,12-15H2,1H3,(H,32,33)(H2,28,29,34). The largest absolute Gasteiger partial charge is 0.481 e. The van der Waals surface area contributed by atoms with E-state index in [0.29, 0.717) is 18.7 Å². The van der Waals surface area contributed by atoms with Crippen LogP contribution >= 0.6 is 11.3 Å². The van der Waals surface area contributed by atoms with Gasteiger partial charge in [0, 0.05) is 29.0 Å². The molecule has 1 saturated heterocycles. The van der Waals surface area contributed by atoms with Crippen LogP contribution in [0.1, 0.15) is 46.3 Å². The predicted molar refractivity (Wildman–Crippen MR) is 136 cm³/mol. The summed E-state index contributed by atoms with van der Waals surface area (Å²) in [5.41, 5.74) is 3.24. The van der Waals surface area contributed by atoms with Gasteiger partial charge in [0.25, 0.3) is 0 Å². The van der Waals surface area contributed by atoms with E-state index in [1.54, 1.807) is 18.3 Å². The van der Waals surface area contributed by atoms with Gasteiger partial charge in [-0.3, -0.25) is 9.59 Å². The molecule has 1 unspecified atom stereocenters. The lowest BCUT2D eigenvalue weighted by Gasteiger charge is -2.23. The molecule has 8 nitrogen and oxygen atoms in total. The van der Waals surface area contributed by atoms with Crippen molar-refractivity contribution in [1.29, 1.82) is 0 Å². The summed E-state index contributed by atoms with van der Waals surface area (Å²) in [7, 11) is 0. The number of thiazole rings is 1. The minimum atomic E-state index is -0.828. The van der Waals surface area contributed by atoms with Crippen LogP contribution in [0.4, 0.5) is 16.2 Å². The molecular weight excluding hydrogens is 464 g/mol. The van der Waals surface area contributed by atoms with Gasteiger partial charge in [0.05, 0.1) is 18.9 Å². The van der Waals surface area contributed by atoms with Crippen LogP contribution in [0.25, 0.3) is 0 Å². The summed E-state index contributed by atoms with van der Waals surface area (Å²) in [6, 6.07) is 14.4. The SMILES string of the molecule is Cc1ccccc1NC(=O)Nc1ccc(CC(=O)N2CCCC2c2ncc(CCC(=O)O)s2)cc1. The third-order valence-electron chi connectivity index (χ3n) is 5.98. The van der Waals surface area contributed by atoms with Gasteiger partial charge in [-0.1, -0.05) is 30.3 Å². The minimum Gasteiger partial charge on any atom is -0.481 e. The first-order chi connectivity index (χ1) is 16.9. The Morgan fingerprint density at radius 2 is 1.89 bits per heavy atom. The molecule has 1 aliphatic heterocycles. The molecule has 0 radical (unpaired) electrons. The first-order valence-electron chi connectivity index (χ1n) is 11.6. The number of likely N-dealkylation sites (tertiary alicyclic amines) is 1. The molecular formula is C26H28N4O4S. The predicted octanol–water partition coefficient (Wildman–Crippen LogP) is 5.02. The van der Waals surface area contributed by atoms with E-state index in [1.165, 1.54) is 11.3 Å². The fourth-order valence-electron chi connectivity index (χ4n) is 4.12. The molecule has 1 aliphatic rings. The van der Waals surface area contributed by atoms with Crippen LogP contribution < -0.4 is 10.6 Å².